The second-order valence-electron chi connectivity index (χ2n) is 6.73. The summed E-state index contributed by atoms with van der Waals surface area (Å²) >= 11 is 0. The van der Waals surface area contributed by atoms with E-state index in [1.807, 2.05) is 30.5 Å². The summed E-state index contributed by atoms with van der Waals surface area (Å²) < 4.78 is 5.81. The van der Waals surface area contributed by atoms with Gasteiger partial charge in [-0.25, -0.2) is 0 Å². The Morgan fingerprint density at radius 2 is 1.84 bits per heavy atom. The molecule has 0 aliphatic rings. The molecular weight excluding hydrogens is 398 g/mol. The van der Waals surface area contributed by atoms with Gasteiger partial charge in [-0.05, 0) is 24.3 Å². The maximum atomic E-state index is 8.12. The highest BCUT2D eigenvalue weighted by atomic mass is 16.3. The van der Waals surface area contributed by atoms with E-state index in [-0.39, 0.29) is 17.9 Å². The molecule has 12 heteroatoms. The number of aromatic amines is 1. The molecule has 0 aliphatic heterocycles. The summed E-state index contributed by atoms with van der Waals surface area (Å²) in [5.74, 6) is 1.89. The molecule has 2 aromatic rings. The molecule has 0 aliphatic carbocycles. The Labute approximate surface area is 181 Å². The van der Waals surface area contributed by atoms with Gasteiger partial charge in [-0.2, -0.15) is 0 Å². The molecule has 31 heavy (non-hydrogen) atoms. The van der Waals surface area contributed by atoms with Crippen LogP contribution in [0.3, 0.4) is 0 Å². The monoisotopic (exact) mass is 429 g/mol. The van der Waals surface area contributed by atoms with Crippen LogP contribution in [0.4, 0.5) is 0 Å². The fraction of sp³-hybridized carbons (Fsp3) is 0.368. The third kappa shape index (κ3) is 8.51. The number of hydrogen-bond donors (Lipinski definition) is 9. The van der Waals surface area contributed by atoms with Crippen molar-refractivity contribution in [3.63, 3.8) is 0 Å². The van der Waals surface area contributed by atoms with Crippen LogP contribution in [0.2, 0.25) is 0 Å². The first-order valence-corrected chi connectivity index (χ1v) is 9.78. The Kier molecular flexibility index (Phi) is 8.95. The summed E-state index contributed by atoms with van der Waals surface area (Å²) in [4.78, 5) is 8.72. The lowest BCUT2D eigenvalue weighted by atomic mass is 10.3. The van der Waals surface area contributed by atoms with Gasteiger partial charge in [0.1, 0.15) is 11.5 Å². The minimum absolute atomic E-state index is 0.0715. The zero-order valence-corrected chi connectivity index (χ0v) is 17.8. The summed E-state index contributed by atoms with van der Waals surface area (Å²) in [7, 11) is 3.35. The average Bonchev–Trinajstić information content (AvgIpc) is 3.39. The molecule has 2 rings (SSSR count). The topological polar surface area (TPSA) is 190 Å². The van der Waals surface area contributed by atoms with Crippen LogP contribution in [0.25, 0.3) is 0 Å². The molecule has 0 fully saturated rings. The Morgan fingerprint density at radius 3 is 2.52 bits per heavy atom. The zero-order chi connectivity index (χ0) is 22.6. The molecule has 0 atom stereocenters. The third-order valence-electron chi connectivity index (χ3n) is 4.23. The van der Waals surface area contributed by atoms with Crippen molar-refractivity contribution in [1.29, 1.82) is 16.2 Å². The molecule has 168 valence electrons. The van der Waals surface area contributed by atoms with Crippen LogP contribution in [0.5, 0.6) is 0 Å². The van der Waals surface area contributed by atoms with E-state index in [9.17, 15) is 0 Å². The van der Waals surface area contributed by atoms with Gasteiger partial charge in [0.2, 0.25) is 0 Å². The van der Waals surface area contributed by atoms with E-state index in [2.05, 4.69) is 31.2 Å². The smallest absolute Gasteiger partial charge is 0.198 e. The molecule has 0 saturated heterocycles. The fourth-order valence-corrected chi connectivity index (χ4v) is 2.67. The van der Waals surface area contributed by atoms with Gasteiger partial charge in [-0.1, -0.05) is 0 Å². The Balaban J connectivity index is 1.69. The number of H-pyrrole nitrogens is 1. The number of aromatic nitrogens is 1. The number of guanidine groups is 4. The number of nitrogens with two attached hydrogens (primary N) is 1. The van der Waals surface area contributed by atoms with Gasteiger partial charge in [-0.15, -0.1) is 0 Å². The molecule has 0 unspecified atom stereocenters. The molecule has 2 aromatic heterocycles. The van der Waals surface area contributed by atoms with E-state index in [0.29, 0.717) is 37.8 Å². The quantitative estimate of drug-likeness (QED) is 0.207. The molecule has 0 saturated carbocycles. The third-order valence-corrected chi connectivity index (χ3v) is 4.23. The van der Waals surface area contributed by atoms with E-state index < -0.39 is 0 Å². The lowest BCUT2D eigenvalue weighted by Crippen LogP contribution is -2.46. The highest BCUT2D eigenvalue weighted by Gasteiger charge is 2.10. The fourth-order valence-electron chi connectivity index (χ4n) is 2.67. The highest BCUT2D eigenvalue weighted by Crippen LogP contribution is 2.10. The molecular formula is C19H31N11O. The second-order valence-corrected chi connectivity index (χ2v) is 6.73. The zero-order valence-electron chi connectivity index (χ0n) is 17.8. The van der Waals surface area contributed by atoms with Crippen molar-refractivity contribution in [1.82, 2.24) is 31.2 Å². The van der Waals surface area contributed by atoms with Gasteiger partial charge < -0.3 is 30.7 Å². The molecule has 10 N–H and O–H groups in total. The molecule has 0 amide bonds. The SMILES string of the molecule is C/N=C(/NCCc1ccc(CN(C)C(=N)NC(=N)NCCc2ccc[nH]2)o1)NC(=N)N. The van der Waals surface area contributed by atoms with Gasteiger partial charge in [0.05, 0.1) is 6.54 Å². The summed E-state index contributed by atoms with van der Waals surface area (Å²) in [6.07, 6.45) is 3.25. The summed E-state index contributed by atoms with van der Waals surface area (Å²) in [5, 5.41) is 34.6. The van der Waals surface area contributed by atoms with Gasteiger partial charge >= 0.3 is 0 Å². The molecule has 0 aromatic carbocycles. The van der Waals surface area contributed by atoms with Crippen molar-refractivity contribution < 1.29 is 4.42 Å². The number of furan rings is 1. The van der Waals surface area contributed by atoms with Crippen LogP contribution in [0.15, 0.2) is 39.9 Å². The Hall–Kier alpha value is -3.96. The van der Waals surface area contributed by atoms with Crippen molar-refractivity contribution in [3.8, 4) is 0 Å². The summed E-state index contributed by atoms with van der Waals surface area (Å²) in [6.45, 7) is 1.53. The molecule has 2 heterocycles. The van der Waals surface area contributed by atoms with E-state index in [4.69, 9.17) is 26.4 Å². The van der Waals surface area contributed by atoms with Gasteiger partial charge in [0.25, 0.3) is 0 Å². The lowest BCUT2D eigenvalue weighted by molar-refractivity contribution is 0.386. The van der Waals surface area contributed by atoms with Crippen LogP contribution in [0, 0.1) is 16.2 Å². The number of nitrogens with one attached hydrogen (secondary N) is 8. The van der Waals surface area contributed by atoms with Crippen molar-refractivity contribution in [3.05, 3.63) is 47.7 Å². The van der Waals surface area contributed by atoms with Gasteiger partial charge in [-0.3, -0.25) is 31.9 Å². The molecule has 0 spiro atoms. The molecule has 0 bridgehead atoms. The van der Waals surface area contributed by atoms with E-state index in [1.165, 1.54) is 0 Å². The van der Waals surface area contributed by atoms with Crippen molar-refractivity contribution >= 4 is 23.8 Å². The number of rotatable bonds is 8. The number of aliphatic imine (C=N–C) groups is 1. The first-order chi connectivity index (χ1) is 14.9. The van der Waals surface area contributed by atoms with Gasteiger partial charge in [0, 0.05) is 51.9 Å². The number of hydrogen-bond acceptors (Lipinski definition) is 5. The highest BCUT2D eigenvalue weighted by molar-refractivity contribution is 5.96. The largest absolute Gasteiger partial charge is 0.464 e. The Bertz CT molecular complexity index is 885. The predicted octanol–water partition coefficient (Wildman–Crippen LogP) is -0.0681. The molecule has 12 nitrogen and oxygen atoms in total. The predicted molar refractivity (Wildman–Crippen MR) is 121 cm³/mol. The van der Waals surface area contributed by atoms with E-state index in [0.717, 1.165) is 17.9 Å². The van der Waals surface area contributed by atoms with E-state index in [1.54, 1.807) is 19.0 Å². The van der Waals surface area contributed by atoms with E-state index >= 15 is 0 Å². The first kappa shape index (κ1) is 23.3. The first-order valence-electron chi connectivity index (χ1n) is 9.78. The minimum atomic E-state index is -0.184. The van der Waals surface area contributed by atoms with Crippen LogP contribution >= 0.6 is 0 Å². The maximum absolute atomic E-state index is 8.12. The number of nitrogens with zero attached hydrogens (tertiary/aromatic N) is 2. The average molecular weight is 430 g/mol. The lowest BCUT2D eigenvalue weighted by Gasteiger charge is -2.20. The second kappa shape index (κ2) is 11.9. The van der Waals surface area contributed by atoms with Crippen molar-refractivity contribution in [2.24, 2.45) is 10.7 Å². The Morgan fingerprint density at radius 1 is 1.10 bits per heavy atom. The van der Waals surface area contributed by atoms with Gasteiger partial charge in [0.15, 0.2) is 23.8 Å². The summed E-state index contributed by atoms with van der Waals surface area (Å²) in [6, 6.07) is 7.67. The van der Waals surface area contributed by atoms with Crippen LogP contribution in [-0.2, 0) is 19.4 Å². The van der Waals surface area contributed by atoms with Crippen LogP contribution in [-0.4, -0.2) is 60.9 Å². The van der Waals surface area contributed by atoms with Crippen molar-refractivity contribution in [2.75, 3.05) is 27.2 Å². The minimum Gasteiger partial charge on any atom is -0.464 e. The normalized spacial score (nSPS) is 11.0. The van der Waals surface area contributed by atoms with Crippen molar-refractivity contribution in [2.45, 2.75) is 19.4 Å². The van der Waals surface area contributed by atoms with Crippen LogP contribution < -0.4 is 27.0 Å². The standard InChI is InChI=1S/C19H31N11O/c1-24-19(28-16(20)21)27-11-8-14-5-6-15(31-14)12-30(2)18(23)29-17(22)26-10-7-13-4-3-9-25-13/h3-6,9,25H,7-8,10-12H2,1-2H3,(H4,22,23,26,29)(H5,20,21,24,27,28). The van der Waals surface area contributed by atoms with Crippen LogP contribution in [0.1, 0.15) is 17.2 Å². The molecule has 0 radical (unpaired) electrons. The summed E-state index contributed by atoms with van der Waals surface area (Å²) in [5.41, 5.74) is 6.37. The maximum Gasteiger partial charge on any atom is 0.198 e.